The molecule has 5 nitrogen and oxygen atoms in total. The van der Waals surface area contributed by atoms with Gasteiger partial charge < -0.3 is 14.8 Å². The van der Waals surface area contributed by atoms with E-state index >= 15 is 0 Å². The second-order valence-corrected chi connectivity index (χ2v) is 5.62. The van der Waals surface area contributed by atoms with Crippen molar-refractivity contribution >= 4 is 16.8 Å². The number of benzene rings is 1. The maximum Gasteiger partial charge on any atom is 0.290 e. The lowest BCUT2D eigenvalue weighted by Gasteiger charge is -2.13. The number of hydrogen-bond acceptors (Lipinski definition) is 3. The van der Waals surface area contributed by atoms with Gasteiger partial charge in [0.1, 0.15) is 0 Å². The molecule has 1 amide bonds. The minimum atomic E-state index is -0.528. The molecular weight excluding hydrogens is 297 g/mol. The number of aromatic amines is 1. The molecule has 0 radical (unpaired) electrons. The van der Waals surface area contributed by atoms with Gasteiger partial charge in [0, 0.05) is 23.7 Å². The molecule has 0 aliphatic carbocycles. The van der Waals surface area contributed by atoms with E-state index in [2.05, 4.69) is 21.5 Å². The van der Waals surface area contributed by atoms with Crippen LogP contribution in [0.4, 0.5) is 4.39 Å². The van der Waals surface area contributed by atoms with E-state index in [1.54, 1.807) is 0 Å². The van der Waals surface area contributed by atoms with Gasteiger partial charge >= 0.3 is 0 Å². The van der Waals surface area contributed by atoms with Gasteiger partial charge in [0.05, 0.1) is 18.4 Å². The molecule has 3 aromatic rings. The molecule has 0 aliphatic rings. The topological polar surface area (TPSA) is 70.9 Å². The summed E-state index contributed by atoms with van der Waals surface area (Å²) in [5.74, 6) is -0.265. The minimum absolute atomic E-state index is 0.0962. The maximum absolute atomic E-state index is 12.3. The van der Waals surface area contributed by atoms with Gasteiger partial charge in [-0.25, -0.2) is 0 Å². The molecule has 0 fully saturated rings. The molecule has 2 aromatic heterocycles. The first-order valence-electron chi connectivity index (χ1n) is 7.48. The Balaban J connectivity index is 1.73. The normalized spacial score (nSPS) is 12.5. The standard InChI is InChI=1S/C17H18FN3O2/c1-10-7-13-8-12(3-4-15(13)19-10)11(2)20-17(22)16-9-14(5-6-18)21-23-16/h3-4,7-9,11,19H,5-6H2,1-2H3,(H,20,22). The Hall–Kier alpha value is -2.63. The summed E-state index contributed by atoms with van der Waals surface area (Å²) in [6, 6.07) is 9.36. The van der Waals surface area contributed by atoms with E-state index in [-0.39, 0.29) is 24.1 Å². The van der Waals surface area contributed by atoms with Gasteiger partial charge in [-0.15, -0.1) is 0 Å². The Kier molecular flexibility index (Phi) is 4.14. The van der Waals surface area contributed by atoms with Crippen molar-refractivity contribution in [2.45, 2.75) is 26.3 Å². The lowest BCUT2D eigenvalue weighted by atomic mass is 10.1. The second-order valence-electron chi connectivity index (χ2n) is 5.62. The van der Waals surface area contributed by atoms with Crippen LogP contribution in [0.5, 0.6) is 0 Å². The van der Waals surface area contributed by atoms with E-state index < -0.39 is 6.67 Å². The number of aryl methyl sites for hydroxylation is 2. The molecule has 0 saturated carbocycles. The van der Waals surface area contributed by atoms with Crippen molar-refractivity contribution < 1.29 is 13.7 Å². The third-order valence-corrected chi connectivity index (χ3v) is 3.76. The number of halogens is 1. The highest BCUT2D eigenvalue weighted by atomic mass is 19.1. The van der Waals surface area contributed by atoms with Crippen LogP contribution in [0.25, 0.3) is 10.9 Å². The zero-order chi connectivity index (χ0) is 16.4. The largest absolute Gasteiger partial charge is 0.359 e. The van der Waals surface area contributed by atoms with Crippen molar-refractivity contribution in [3.8, 4) is 0 Å². The van der Waals surface area contributed by atoms with Gasteiger partial charge in [-0.2, -0.15) is 0 Å². The van der Waals surface area contributed by atoms with E-state index in [0.717, 1.165) is 22.2 Å². The highest BCUT2D eigenvalue weighted by Gasteiger charge is 2.16. The number of nitrogens with zero attached hydrogens (tertiary/aromatic N) is 1. The first-order chi connectivity index (χ1) is 11.1. The summed E-state index contributed by atoms with van der Waals surface area (Å²) in [7, 11) is 0. The van der Waals surface area contributed by atoms with Crippen molar-refractivity contribution in [1.29, 1.82) is 0 Å². The lowest BCUT2D eigenvalue weighted by molar-refractivity contribution is 0.0902. The molecule has 1 atom stereocenters. The molecule has 120 valence electrons. The molecule has 0 spiro atoms. The monoisotopic (exact) mass is 315 g/mol. The fraction of sp³-hybridized carbons (Fsp3) is 0.294. The van der Waals surface area contributed by atoms with Crippen molar-refractivity contribution in [3.63, 3.8) is 0 Å². The number of fused-ring (bicyclic) bond motifs is 1. The van der Waals surface area contributed by atoms with Crippen LogP contribution in [-0.4, -0.2) is 22.7 Å². The minimum Gasteiger partial charge on any atom is -0.359 e. The lowest BCUT2D eigenvalue weighted by Crippen LogP contribution is -2.26. The Morgan fingerprint density at radius 1 is 1.39 bits per heavy atom. The molecule has 1 aromatic carbocycles. The van der Waals surface area contributed by atoms with E-state index in [0.29, 0.717) is 5.69 Å². The third kappa shape index (κ3) is 3.26. The highest BCUT2D eigenvalue weighted by Crippen LogP contribution is 2.21. The van der Waals surface area contributed by atoms with Crippen LogP contribution in [0.1, 0.15) is 40.5 Å². The van der Waals surface area contributed by atoms with Crippen LogP contribution in [-0.2, 0) is 6.42 Å². The summed E-state index contributed by atoms with van der Waals surface area (Å²) < 4.78 is 17.2. The average molecular weight is 315 g/mol. The molecule has 23 heavy (non-hydrogen) atoms. The van der Waals surface area contributed by atoms with Gasteiger partial charge in [-0.1, -0.05) is 11.2 Å². The van der Waals surface area contributed by atoms with E-state index in [1.165, 1.54) is 6.07 Å². The Bertz CT molecular complexity index is 837. The molecule has 0 aliphatic heterocycles. The molecule has 1 unspecified atom stereocenters. The molecular formula is C17H18FN3O2. The van der Waals surface area contributed by atoms with E-state index in [4.69, 9.17) is 4.52 Å². The fourth-order valence-corrected chi connectivity index (χ4v) is 2.55. The van der Waals surface area contributed by atoms with E-state index in [1.807, 2.05) is 32.0 Å². The second kappa shape index (κ2) is 6.24. The van der Waals surface area contributed by atoms with Crippen LogP contribution >= 0.6 is 0 Å². The molecule has 2 N–H and O–H groups in total. The Morgan fingerprint density at radius 3 is 3.00 bits per heavy atom. The predicted molar refractivity (Wildman–Crippen MR) is 85.1 cm³/mol. The number of carbonyl (C=O) groups is 1. The Morgan fingerprint density at radius 2 is 2.22 bits per heavy atom. The highest BCUT2D eigenvalue weighted by molar-refractivity contribution is 5.91. The average Bonchev–Trinajstić information content (AvgIpc) is 3.12. The smallest absolute Gasteiger partial charge is 0.290 e. The fourth-order valence-electron chi connectivity index (χ4n) is 2.55. The molecule has 6 heteroatoms. The predicted octanol–water partition coefficient (Wildman–Crippen LogP) is 3.47. The van der Waals surface area contributed by atoms with Crippen molar-refractivity contribution in [2.75, 3.05) is 6.67 Å². The van der Waals surface area contributed by atoms with Crippen molar-refractivity contribution in [3.05, 3.63) is 53.0 Å². The van der Waals surface area contributed by atoms with Gasteiger partial charge in [0.25, 0.3) is 5.91 Å². The van der Waals surface area contributed by atoms with Crippen LogP contribution in [0.2, 0.25) is 0 Å². The summed E-state index contributed by atoms with van der Waals surface area (Å²) >= 11 is 0. The van der Waals surface area contributed by atoms with Crippen molar-refractivity contribution in [2.24, 2.45) is 0 Å². The van der Waals surface area contributed by atoms with Crippen LogP contribution in [0, 0.1) is 6.92 Å². The number of carbonyl (C=O) groups excluding carboxylic acids is 1. The van der Waals surface area contributed by atoms with Gasteiger partial charge in [-0.3, -0.25) is 9.18 Å². The number of nitrogens with one attached hydrogen (secondary N) is 2. The molecule has 0 saturated heterocycles. The number of amides is 1. The van der Waals surface area contributed by atoms with Crippen LogP contribution in [0.3, 0.4) is 0 Å². The number of aromatic nitrogens is 2. The number of hydrogen-bond donors (Lipinski definition) is 2. The van der Waals surface area contributed by atoms with Gasteiger partial charge in [-0.05, 0) is 43.0 Å². The first kappa shape index (κ1) is 15.3. The SMILES string of the molecule is Cc1cc2cc(C(C)NC(=O)c3cc(CCF)no3)ccc2[nH]1. The van der Waals surface area contributed by atoms with Gasteiger partial charge in [0.2, 0.25) is 5.76 Å². The summed E-state index contributed by atoms with van der Waals surface area (Å²) in [6.45, 7) is 3.38. The molecule has 2 heterocycles. The summed E-state index contributed by atoms with van der Waals surface area (Å²) in [6.07, 6.45) is 0.149. The summed E-state index contributed by atoms with van der Waals surface area (Å²) in [4.78, 5) is 15.4. The third-order valence-electron chi connectivity index (χ3n) is 3.76. The van der Waals surface area contributed by atoms with Gasteiger partial charge in [0.15, 0.2) is 0 Å². The number of alkyl halides is 1. The zero-order valence-corrected chi connectivity index (χ0v) is 13.0. The summed E-state index contributed by atoms with van der Waals surface area (Å²) in [5.41, 5.74) is 3.59. The quantitative estimate of drug-likeness (QED) is 0.757. The molecule has 0 bridgehead atoms. The van der Waals surface area contributed by atoms with Crippen LogP contribution < -0.4 is 5.32 Å². The maximum atomic E-state index is 12.3. The number of H-pyrrole nitrogens is 1. The van der Waals surface area contributed by atoms with Crippen LogP contribution in [0.15, 0.2) is 34.9 Å². The van der Waals surface area contributed by atoms with E-state index in [9.17, 15) is 9.18 Å². The first-order valence-corrected chi connectivity index (χ1v) is 7.48. The number of rotatable bonds is 5. The Labute approximate surface area is 132 Å². The summed E-state index contributed by atoms with van der Waals surface area (Å²) in [5, 5.41) is 7.64. The van der Waals surface area contributed by atoms with Crippen molar-refractivity contribution in [1.82, 2.24) is 15.5 Å². The molecule has 3 rings (SSSR count). The zero-order valence-electron chi connectivity index (χ0n) is 13.0.